The second kappa shape index (κ2) is 45.6. The number of allylic oxidation sites excluding steroid dienone is 16. The molecule has 0 spiro atoms. The summed E-state index contributed by atoms with van der Waals surface area (Å²) in [6.07, 6.45) is 53.2. The summed E-state index contributed by atoms with van der Waals surface area (Å²) in [5.74, 6) is -2.56. The molecule has 0 radical (unpaired) electrons. The van der Waals surface area contributed by atoms with E-state index in [0.717, 1.165) is 70.6 Å². The molecule has 0 aromatic rings. The molecule has 1 heterocycles. The molecule has 0 aromatic heterocycles. The lowest BCUT2D eigenvalue weighted by Gasteiger charge is -2.38. The lowest BCUT2D eigenvalue weighted by Crippen LogP contribution is -2.60. The monoisotopic (exact) mass is 953 g/mol. The second-order valence-electron chi connectivity index (χ2n) is 17.6. The third-order valence-corrected chi connectivity index (χ3v) is 11.4. The van der Waals surface area contributed by atoms with Crippen molar-refractivity contribution in [3.05, 3.63) is 97.2 Å². The van der Waals surface area contributed by atoms with Gasteiger partial charge in [0.25, 0.3) is 0 Å². The molecule has 1 fully saturated rings. The molecule has 1 rings (SSSR count). The first kappa shape index (κ1) is 62.1. The molecule has 11 nitrogen and oxygen atoms in total. The molecule has 0 aromatic carbocycles. The summed E-state index contributed by atoms with van der Waals surface area (Å²) >= 11 is 0. The number of ether oxygens (including phenoxy) is 4. The molecule has 1 saturated heterocycles. The van der Waals surface area contributed by atoms with E-state index in [2.05, 4.69) is 98.9 Å². The summed E-state index contributed by atoms with van der Waals surface area (Å²) in [5.41, 5.74) is 0. The van der Waals surface area contributed by atoms with Crippen LogP contribution >= 0.6 is 0 Å². The number of hydrogen-bond acceptors (Lipinski definition) is 10. The van der Waals surface area contributed by atoms with Crippen LogP contribution in [0.2, 0.25) is 0 Å². The van der Waals surface area contributed by atoms with Crippen molar-refractivity contribution in [2.24, 2.45) is 0 Å². The minimum absolute atomic E-state index is 0.105. The van der Waals surface area contributed by atoms with Gasteiger partial charge < -0.3 is 39.4 Å². The van der Waals surface area contributed by atoms with Crippen LogP contribution in [0.1, 0.15) is 194 Å². The van der Waals surface area contributed by atoms with Crippen molar-refractivity contribution in [2.45, 2.75) is 230 Å². The van der Waals surface area contributed by atoms with E-state index >= 15 is 0 Å². The van der Waals surface area contributed by atoms with Gasteiger partial charge in [0, 0.05) is 12.8 Å². The van der Waals surface area contributed by atoms with Crippen molar-refractivity contribution in [2.75, 3.05) is 13.2 Å². The average Bonchev–Trinajstić information content (AvgIpc) is 3.32. The standard InChI is InChI=1S/C57H92O11/c1-3-5-7-9-11-13-15-17-19-21-23-24-25-26-28-30-32-34-36-38-40-42-44-46-51(59)67-49(48-66-57-54(62)52(60)53(61)55(68-57)56(63)64)47-65-50(58)45-43-41-39-37-35-33-31-29-27-22-20-18-16-14-12-10-8-6-4-2/h6,8,12,14-15,17-18,20-21,23,27,29,33,35,39,41,49,52-55,57,60-62H,3-5,7,9-11,13,16,19,22,24-26,28,30-32,34,36-38,40,42-48H2,1-2H3,(H,63,64)/b8-6-,14-12-,17-15-,20-18-,23-21-,29-27-,35-33-,41-39-. The number of carbonyl (C=O) groups is 3. The van der Waals surface area contributed by atoms with E-state index in [4.69, 9.17) is 18.9 Å². The fourth-order valence-corrected chi connectivity index (χ4v) is 7.35. The molecule has 4 N–H and O–H groups in total. The Labute approximate surface area is 411 Å². The number of aliphatic hydroxyl groups excluding tert-OH is 3. The number of carboxylic acids is 1. The Bertz CT molecular complexity index is 1490. The van der Waals surface area contributed by atoms with Gasteiger partial charge in [-0.25, -0.2) is 4.79 Å². The van der Waals surface area contributed by atoms with Gasteiger partial charge in [-0.2, -0.15) is 0 Å². The van der Waals surface area contributed by atoms with Crippen molar-refractivity contribution in [1.82, 2.24) is 0 Å². The third kappa shape index (κ3) is 36.2. The summed E-state index contributed by atoms with van der Waals surface area (Å²) < 4.78 is 21.7. The number of unbranched alkanes of at least 4 members (excludes halogenated alkanes) is 16. The van der Waals surface area contributed by atoms with E-state index in [0.29, 0.717) is 12.8 Å². The predicted molar refractivity (Wildman–Crippen MR) is 275 cm³/mol. The number of carbonyl (C=O) groups excluding carboxylic acids is 2. The summed E-state index contributed by atoms with van der Waals surface area (Å²) in [7, 11) is 0. The van der Waals surface area contributed by atoms with Crippen LogP contribution in [0.25, 0.3) is 0 Å². The Morgan fingerprint density at radius 2 is 0.897 bits per heavy atom. The maximum absolute atomic E-state index is 12.8. The van der Waals surface area contributed by atoms with E-state index in [-0.39, 0.29) is 19.4 Å². The fraction of sp³-hybridized carbons (Fsp3) is 0.667. The highest BCUT2D eigenvalue weighted by molar-refractivity contribution is 5.73. The quantitative estimate of drug-likeness (QED) is 0.0261. The SMILES string of the molecule is CC/C=C\C/C=C\C/C=C\C/C=C\C/C=C\C/C=C\CCC(=O)OCC(COC1OC(C(=O)O)C(O)C(O)C1O)OC(=O)CCCCCCCCCCCCC/C=C\C/C=C\CCCCCCC. The van der Waals surface area contributed by atoms with E-state index in [1.54, 1.807) is 0 Å². The molecule has 386 valence electrons. The van der Waals surface area contributed by atoms with Gasteiger partial charge in [0.1, 0.15) is 24.9 Å². The lowest BCUT2D eigenvalue weighted by atomic mass is 9.99. The van der Waals surface area contributed by atoms with Crippen LogP contribution in [-0.4, -0.2) is 88.4 Å². The highest BCUT2D eigenvalue weighted by Gasteiger charge is 2.47. The molecule has 0 saturated carbocycles. The first-order valence-electron chi connectivity index (χ1n) is 26.3. The van der Waals surface area contributed by atoms with Crippen LogP contribution in [0.5, 0.6) is 0 Å². The van der Waals surface area contributed by atoms with Crippen molar-refractivity contribution >= 4 is 17.9 Å². The van der Waals surface area contributed by atoms with Gasteiger partial charge >= 0.3 is 17.9 Å². The molecule has 68 heavy (non-hydrogen) atoms. The van der Waals surface area contributed by atoms with E-state index in [1.807, 2.05) is 12.2 Å². The van der Waals surface area contributed by atoms with Crippen molar-refractivity contribution in [3.63, 3.8) is 0 Å². The topological polar surface area (TPSA) is 169 Å². The lowest BCUT2D eigenvalue weighted by molar-refractivity contribution is -0.298. The first-order valence-corrected chi connectivity index (χ1v) is 26.3. The van der Waals surface area contributed by atoms with Gasteiger partial charge in [-0.1, -0.05) is 195 Å². The molecule has 6 atom stereocenters. The Hall–Kier alpha value is -3.87. The highest BCUT2D eigenvalue weighted by atomic mass is 16.7. The number of aliphatic carboxylic acids is 1. The predicted octanol–water partition coefficient (Wildman–Crippen LogP) is 12.8. The molecule has 0 aliphatic carbocycles. The number of carboxylic acid groups (broad SMARTS) is 1. The Balaban J connectivity index is 2.34. The zero-order chi connectivity index (χ0) is 49.6. The molecular weight excluding hydrogens is 861 g/mol. The maximum atomic E-state index is 12.8. The Kier molecular flexibility index (Phi) is 41.6. The van der Waals surface area contributed by atoms with Crippen LogP contribution in [0.3, 0.4) is 0 Å². The number of rotatable bonds is 43. The minimum Gasteiger partial charge on any atom is -0.479 e. The van der Waals surface area contributed by atoms with E-state index in [9.17, 15) is 34.8 Å². The largest absolute Gasteiger partial charge is 0.479 e. The fourth-order valence-electron chi connectivity index (χ4n) is 7.35. The Morgan fingerprint density at radius 3 is 1.37 bits per heavy atom. The molecule has 6 unspecified atom stereocenters. The normalized spacial score (nSPS) is 19.7. The summed E-state index contributed by atoms with van der Waals surface area (Å²) in [6.45, 7) is 3.63. The molecule has 0 bridgehead atoms. The zero-order valence-electron chi connectivity index (χ0n) is 42.1. The van der Waals surface area contributed by atoms with E-state index in [1.165, 1.54) is 83.5 Å². The molecule has 11 heteroatoms. The number of hydrogen-bond donors (Lipinski definition) is 4. The first-order chi connectivity index (χ1) is 33.2. The van der Waals surface area contributed by atoms with Gasteiger partial charge in [-0.3, -0.25) is 9.59 Å². The van der Waals surface area contributed by atoms with Crippen LogP contribution in [-0.2, 0) is 33.3 Å². The summed E-state index contributed by atoms with van der Waals surface area (Å²) in [4.78, 5) is 37.0. The van der Waals surface area contributed by atoms with Gasteiger partial charge in [-0.15, -0.1) is 0 Å². The van der Waals surface area contributed by atoms with Crippen molar-refractivity contribution in [3.8, 4) is 0 Å². The average molecular weight is 953 g/mol. The maximum Gasteiger partial charge on any atom is 0.335 e. The highest BCUT2D eigenvalue weighted by Crippen LogP contribution is 2.23. The van der Waals surface area contributed by atoms with Crippen LogP contribution in [0.15, 0.2) is 97.2 Å². The van der Waals surface area contributed by atoms with Gasteiger partial charge in [0.2, 0.25) is 0 Å². The molecular formula is C57H92O11. The van der Waals surface area contributed by atoms with Gasteiger partial charge in [-0.05, 0) is 83.5 Å². The molecule has 1 aliphatic heterocycles. The van der Waals surface area contributed by atoms with E-state index < -0.39 is 61.3 Å². The van der Waals surface area contributed by atoms with Gasteiger partial charge in [0.05, 0.1) is 6.61 Å². The second-order valence-corrected chi connectivity index (χ2v) is 17.6. The van der Waals surface area contributed by atoms with Crippen LogP contribution < -0.4 is 0 Å². The molecule has 1 aliphatic rings. The van der Waals surface area contributed by atoms with Crippen LogP contribution in [0.4, 0.5) is 0 Å². The van der Waals surface area contributed by atoms with Crippen molar-refractivity contribution in [1.29, 1.82) is 0 Å². The van der Waals surface area contributed by atoms with Crippen molar-refractivity contribution < 1.29 is 53.8 Å². The van der Waals surface area contributed by atoms with Crippen LogP contribution in [0, 0.1) is 0 Å². The summed E-state index contributed by atoms with van der Waals surface area (Å²) in [5, 5.41) is 40.0. The molecule has 0 amide bonds. The van der Waals surface area contributed by atoms with Gasteiger partial charge in [0.15, 0.2) is 18.5 Å². The zero-order valence-corrected chi connectivity index (χ0v) is 42.1. The third-order valence-electron chi connectivity index (χ3n) is 11.4. The smallest absolute Gasteiger partial charge is 0.335 e. The number of esters is 2. The minimum atomic E-state index is -1.88. The number of aliphatic hydroxyl groups is 3. The summed E-state index contributed by atoms with van der Waals surface area (Å²) in [6, 6.07) is 0. The Morgan fingerprint density at radius 1 is 0.471 bits per heavy atom.